The van der Waals surface area contributed by atoms with Crippen molar-refractivity contribution in [2.75, 3.05) is 11.9 Å². The van der Waals surface area contributed by atoms with E-state index in [0.29, 0.717) is 11.4 Å². The number of carbonyl (C=O) groups excluding carboxylic acids is 2. The molecule has 10 nitrogen and oxygen atoms in total. The van der Waals surface area contributed by atoms with E-state index < -0.39 is 28.9 Å². The number of aromatic hydroxyl groups is 1. The number of carbonyl (C=O) groups is 2. The Kier molecular flexibility index (Phi) is 6.22. The molecule has 0 radical (unpaired) electrons. The molecule has 0 atom stereocenters. The predicted molar refractivity (Wildman–Crippen MR) is 124 cm³/mol. The molecule has 172 valence electrons. The first-order valence-corrected chi connectivity index (χ1v) is 10.4. The molecule has 2 N–H and O–H groups in total. The van der Waals surface area contributed by atoms with Gasteiger partial charge >= 0.3 is 5.97 Å². The maximum absolute atomic E-state index is 13.2. The number of nitrogens with zero attached hydrogens (tertiary/aromatic N) is 4. The van der Waals surface area contributed by atoms with Gasteiger partial charge in [-0.3, -0.25) is 9.59 Å². The van der Waals surface area contributed by atoms with Crippen LogP contribution in [0.2, 0.25) is 0 Å². The molecule has 2 aromatic heterocycles. The Bertz CT molecular complexity index is 1430. The molecule has 0 fully saturated rings. The number of ether oxygens (including phenoxy) is 1. The van der Waals surface area contributed by atoms with Gasteiger partial charge in [0.05, 0.1) is 24.2 Å². The van der Waals surface area contributed by atoms with Crippen molar-refractivity contribution in [3.63, 3.8) is 0 Å². The van der Waals surface area contributed by atoms with Crippen LogP contribution in [0.3, 0.4) is 0 Å². The van der Waals surface area contributed by atoms with Gasteiger partial charge in [-0.15, -0.1) is 0 Å². The zero-order valence-corrected chi connectivity index (χ0v) is 18.4. The number of hydrogen-bond donors (Lipinski definition) is 2. The van der Waals surface area contributed by atoms with Gasteiger partial charge in [0.15, 0.2) is 17.3 Å². The number of rotatable bonds is 6. The highest BCUT2D eigenvalue weighted by atomic mass is 16.5. The van der Waals surface area contributed by atoms with Gasteiger partial charge in [0.1, 0.15) is 5.56 Å². The van der Waals surface area contributed by atoms with Crippen LogP contribution >= 0.6 is 0 Å². The second-order valence-corrected chi connectivity index (χ2v) is 7.30. The van der Waals surface area contributed by atoms with Gasteiger partial charge in [0, 0.05) is 6.07 Å². The number of aromatic nitrogens is 4. The molecule has 4 aromatic rings. The molecule has 0 saturated heterocycles. The lowest BCUT2D eigenvalue weighted by Crippen LogP contribution is -2.26. The topological polar surface area (TPSA) is 128 Å². The van der Waals surface area contributed by atoms with E-state index in [4.69, 9.17) is 4.74 Å². The molecule has 34 heavy (non-hydrogen) atoms. The summed E-state index contributed by atoms with van der Waals surface area (Å²) in [6.07, 6.45) is 1.28. The zero-order valence-electron chi connectivity index (χ0n) is 18.4. The molecule has 2 aromatic carbocycles. The molecular weight excluding hydrogens is 438 g/mol. The van der Waals surface area contributed by atoms with Crippen LogP contribution in [0.1, 0.15) is 33.3 Å². The van der Waals surface area contributed by atoms with E-state index in [1.165, 1.54) is 10.9 Å². The third-order valence-electron chi connectivity index (χ3n) is 4.87. The Labute approximate surface area is 194 Å². The Morgan fingerprint density at radius 1 is 1.03 bits per heavy atom. The number of anilines is 1. The van der Waals surface area contributed by atoms with Crippen molar-refractivity contribution in [1.29, 1.82) is 0 Å². The van der Waals surface area contributed by atoms with Crippen molar-refractivity contribution in [3.05, 3.63) is 94.0 Å². The van der Waals surface area contributed by atoms with Crippen LogP contribution in [-0.4, -0.2) is 43.2 Å². The summed E-state index contributed by atoms with van der Waals surface area (Å²) in [5.74, 6) is -2.09. The molecule has 0 saturated carbocycles. The fourth-order valence-electron chi connectivity index (χ4n) is 3.31. The lowest BCUT2D eigenvalue weighted by atomic mass is 10.2. The summed E-state index contributed by atoms with van der Waals surface area (Å²) in [7, 11) is 0. The minimum atomic E-state index is -0.845. The molecule has 0 spiro atoms. The maximum Gasteiger partial charge on any atom is 0.343 e. The first kappa shape index (κ1) is 22.5. The van der Waals surface area contributed by atoms with Crippen LogP contribution in [-0.2, 0) is 4.74 Å². The number of esters is 1. The number of aryl methyl sites for hydroxylation is 1. The number of hydrogen-bond acceptors (Lipinski definition) is 7. The number of nitrogens with one attached hydrogen (secondary N) is 1. The lowest BCUT2D eigenvalue weighted by molar-refractivity contribution is 0.0527. The SMILES string of the molecule is CCOC(=O)c1cnn(-c2ccccc2)c1NC(=O)c1nn(-c2cccc(C)c2)c(=O)cc1O. The monoisotopic (exact) mass is 459 g/mol. The third kappa shape index (κ3) is 4.42. The van der Waals surface area contributed by atoms with Crippen LogP contribution in [0, 0.1) is 6.92 Å². The molecule has 0 aliphatic rings. The Balaban J connectivity index is 1.77. The number of amides is 1. The molecular formula is C24H21N5O5. The van der Waals surface area contributed by atoms with Gasteiger partial charge in [-0.05, 0) is 43.7 Å². The Hall–Kier alpha value is -4.73. The number of benzene rings is 2. The largest absolute Gasteiger partial charge is 0.505 e. The summed E-state index contributed by atoms with van der Waals surface area (Å²) in [6, 6.07) is 16.7. The van der Waals surface area contributed by atoms with Gasteiger partial charge in [0.2, 0.25) is 0 Å². The second kappa shape index (κ2) is 9.41. The van der Waals surface area contributed by atoms with Crippen molar-refractivity contribution in [2.24, 2.45) is 0 Å². The second-order valence-electron chi connectivity index (χ2n) is 7.30. The third-order valence-corrected chi connectivity index (χ3v) is 4.87. The zero-order chi connectivity index (χ0) is 24.2. The van der Waals surface area contributed by atoms with Crippen LogP contribution in [0.4, 0.5) is 5.82 Å². The van der Waals surface area contributed by atoms with E-state index in [-0.39, 0.29) is 18.0 Å². The van der Waals surface area contributed by atoms with E-state index in [0.717, 1.165) is 16.3 Å². The maximum atomic E-state index is 13.2. The lowest BCUT2D eigenvalue weighted by Gasteiger charge is -2.12. The molecule has 0 aliphatic carbocycles. The Morgan fingerprint density at radius 2 is 1.76 bits per heavy atom. The minimum Gasteiger partial charge on any atom is -0.505 e. The first-order chi connectivity index (χ1) is 16.4. The van der Waals surface area contributed by atoms with Crippen LogP contribution in [0.25, 0.3) is 11.4 Å². The summed E-state index contributed by atoms with van der Waals surface area (Å²) >= 11 is 0. The predicted octanol–water partition coefficient (Wildman–Crippen LogP) is 2.86. The van der Waals surface area contributed by atoms with E-state index >= 15 is 0 Å². The van der Waals surface area contributed by atoms with Crippen molar-refractivity contribution in [2.45, 2.75) is 13.8 Å². The van der Waals surface area contributed by atoms with Gasteiger partial charge in [0.25, 0.3) is 11.5 Å². The van der Waals surface area contributed by atoms with Crippen molar-refractivity contribution in [3.8, 4) is 17.1 Å². The van der Waals surface area contributed by atoms with Crippen molar-refractivity contribution < 1.29 is 19.4 Å². The molecule has 2 heterocycles. The fraction of sp³-hybridized carbons (Fsp3) is 0.125. The van der Waals surface area contributed by atoms with Crippen molar-refractivity contribution in [1.82, 2.24) is 19.6 Å². The fourth-order valence-corrected chi connectivity index (χ4v) is 3.31. The average Bonchev–Trinajstić information content (AvgIpc) is 3.23. The summed E-state index contributed by atoms with van der Waals surface area (Å²) in [5, 5.41) is 21.2. The highest BCUT2D eigenvalue weighted by Crippen LogP contribution is 2.23. The van der Waals surface area contributed by atoms with E-state index in [1.54, 1.807) is 49.4 Å². The molecule has 1 amide bonds. The Morgan fingerprint density at radius 3 is 2.47 bits per heavy atom. The molecule has 4 rings (SSSR count). The number of para-hydroxylation sites is 1. The highest BCUT2D eigenvalue weighted by molar-refractivity contribution is 6.07. The van der Waals surface area contributed by atoms with Gasteiger partial charge < -0.3 is 15.2 Å². The van der Waals surface area contributed by atoms with Crippen LogP contribution < -0.4 is 10.9 Å². The first-order valence-electron chi connectivity index (χ1n) is 10.4. The van der Waals surface area contributed by atoms with Gasteiger partial charge in [-0.2, -0.15) is 14.9 Å². The standard InChI is InChI=1S/C24H21N5O5/c1-3-34-24(33)18-14-25-29(16-9-5-4-6-10-16)22(18)26-23(32)21-19(30)13-20(31)28(27-21)17-11-7-8-15(2)12-17/h4-14,30H,3H2,1-2H3,(H,26,32). The molecule has 0 aliphatic heterocycles. The quantitative estimate of drug-likeness (QED) is 0.424. The van der Waals surface area contributed by atoms with E-state index in [1.807, 2.05) is 19.1 Å². The molecule has 0 unspecified atom stereocenters. The average molecular weight is 459 g/mol. The van der Waals surface area contributed by atoms with E-state index in [2.05, 4.69) is 15.5 Å². The summed E-state index contributed by atoms with van der Waals surface area (Å²) in [6.45, 7) is 3.64. The summed E-state index contributed by atoms with van der Waals surface area (Å²) in [4.78, 5) is 38.1. The van der Waals surface area contributed by atoms with Crippen LogP contribution in [0.5, 0.6) is 5.75 Å². The van der Waals surface area contributed by atoms with Crippen molar-refractivity contribution >= 4 is 17.7 Å². The van der Waals surface area contributed by atoms with Gasteiger partial charge in [-0.1, -0.05) is 30.3 Å². The van der Waals surface area contributed by atoms with Gasteiger partial charge in [-0.25, -0.2) is 9.48 Å². The van der Waals surface area contributed by atoms with E-state index in [9.17, 15) is 19.5 Å². The molecule has 0 bridgehead atoms. The summed E-state index contributed by atoms with van der Waals surface area (Å²) < 4.78 is 7.45. The highest BCUT2D eigenvalue weighted by Gasteiger charge is 2.24. The smallest absolute Gasteiger partial charge is 0.343 e. The molecule has 10 heteroatoms. The van der Waals surface area contributed by atoms with Crippen LogP contribution in [0.15, 0.2) is 71.7 Å². The normalized spacial score (nSPS) is 10.6. The summed E-state index contributed by atoms with van der Waals surface area (Å²) in [5.41, 5.74) is 0.899. The minimum absolute atomic E-state index is 0.0190.